The van der Waals surface area contributed by atoms with Crippen molar-refractivity contribution in [1.29, 1.82) is 0 Å². The van der Waals surface area contributed by atoms with E-state index in [1.807, 2.05) is 4.90 Å². The largest absolute Gasteiger partial charge is 0.388 e. The maximum Gasteiger partial charge on any atom is 0.219 e. The van der Waals surface area contributed by atoms with Gasteiger partial charge >= 0.3 is 0 Å². The van der Waals surface area contributed by atoms with Crippen LogP contribution in [-0.2, 0) is 19.0 Å². The van der Waals surface area contributed by atoms with Crippen molar-refractivity contribution in [3.05, 3.63) is 0 Å². The van der Waals surface area contributed by atoms with Crippen LogP contribution in [0.5, 0.6) is 0 Å². The van der Waals surface area contributed by atoms with Crippen LogP contribution < -0.4 is 0 Å². The molecule has 1 amide bonds. The van der Waals surface area contributed by atoms with E-state index in [1.54, 1.807) is 20.8 Å². The van der Waals surface area contributed by atoms with E-state index >= 15 is 0 Å². The number of nitrogens with zero attached hydrogens (tertiary/aromatic N) is 1. The summed E-state index contributed by atoms with van der Waals surface area (Å²) in [4.78, 5) is 13.9. The molecule has 9 unspecified atom stereocenters. The molecular weight excluding hydrogens is 518 g/mol. The van der Waals surface area contributed by atoms with E-state index in [0.29, 0.717) is 53.7 Å². The summed E-state index contributed by atoms with van der Waals surface area (Å²) in [5.41, 5.74) is 0.213. The van der Waals surface area contributed by atoms with Gasteiger partial charge in [-0.05, 0) is 123 Å². The summed E-state index contributed by atoms with van der Waals surface area (Å²) in [5.74, 6) is 2.84. The molecule has 2 saturated heterocycles. The first-order chi connectivity index (χ1) is 19.2. The minimum absolute atomic E-state index is 0. The Bertz CT molecular complexity index is 1060. The molecule has 0 aromatic rings. The maximum absolute atomic E-state index is 12.0. The van der Waals surface area contributed by atoms with E-state index < -0.39 is 11.7 Å². The molecule has 5 aliphatic carbocycles. The highest BCUT2D eigenvalue weighted by Crippen LogP contribution is 2.87. The minimum atomic E-state index is -1.14. The van der Waals surface area contributed by atoms with Crippen LogP contribution in [0.2, 0.25) is 0 Å². The van der Waals surface area contributed by atoms with Gasteiger partial charge in [0.15, 0.2) is 6.29 Å². The van der Waals surface area contributed by atoms with E-state index in [1.165, 1.54) is 38.5 Å². The normalized spacial score (nSPS) is 51.0. The molecule has 2 heterocycles. The summed E-state index contributed by atoms with van der Waals surface area (Å²) in [6, 6.07) is 0. The molecule has 7 nitrogen and oxygen atoms in total. The van der Waals surface area contributed by atoms with Crippen molar-refractivity contribution in [2.45, 2.75) is 142 Å². The van der Waals surface area contributed by atoms with E-state index in [0.717, 1.165) is 31.6 Å². The monoisotopic (exact) mass is 575 g/mol. The van der Waals surface area contributed by atoms with Crippen LogP contribution in [0.4, 0.5) is 0 Å². The molecular formula is C34H57NO6. The summed E-state index contributed by atoms with van der Waals surface area (Å²) in [7, 11) is 0. The zero-order chi connectivity index (χ0) is 29.2. The van der Waals surface area contributed by atoms with E-state index in [-0.39, 0.29) is 37.4 Å². The van der Waals surface area contributed by atoms with Crippen molar-refractivity contribution < 1.29 is 30.6 Å². The molecule has 5 saturated carbocycles. The van der Waals surface area contributed by atoms with Crippen molar-refractivity contribution >= 4 is 5.91 Å². The van der Waals surface area contributed by atoms with Crippen LogP contribution in [0.1, 0.15) is 107 Å². The summed E-state index contributed by atoms with van der Waals surface area (Å²) in [6.07, 6.45) is 11.1. The Kier molecular flexibility index (Phi) is 6.64. The Morgan fingerprint density at radius 3 is 2.51 bits per heavy atom. The molecule has 2 N–H and O–H groups in total. The zero-order valence-corrected chi connectivity index (χ0v) is 26.4. The zero-order valence-electron chi connectivity index (χ0n) is 26.4. The van der Waals surface area contributed by atoms with Crippen LogP contribution in [0.15, 0.2) is 0 Å². The summed E-state index contributed by atoms with van der Waals surface area (Å²) in [5, 5.41) is 21.3. The van der Waals surface area contributed by atoms with Crippen LogP contribution in [0.25, 0.3) is 0 Å². The van der Waals surface area contributed by atoms with E-state index in [2.05, 4.69) is 20.8 Å². The maximum atomic E-state index is 12.0. The van der Waals surface area contributed by atoms with Gasteiger partial charge in [0.05, 0.1) is 37.1 Å². The third kappa shape index (κ3) is 4.11. The van der Waals surface area contributed by atoms with Gasteiger partial charge in [0.1, 0.15) is 6.10 Å². The van der Waals surface area contributed by atoms with Gasteiger partial charge in [-0.2, -0.15) is 0 Å². The predicted octanol–water partition coefficient (Wildman–Crippen LogP) is 5.16. The number of hydrogen-bond donors (Lipinski definition) is 2. The molecule has 2 spiro atoms. The molecule has 0 aromatic heterocycles. The number of carbonyl (C=O) groups is 1. The number of morpholine rings is 1. The van der Waals surface area contributed by atoms with Gasteiger partial charge < -0.3 is 29.3 Å². The van der Waals surface area contributed by atoms with E-state index in [4.69, 9.17) is 14.2 Å². The Morgan fingerprint density at radius 1 is 1.02 bits per heavy atom. The fourth-order valence-corrected chi connectivity index (χ4v) is 12.4. The van der Waals surface area contributed by atoms with Crippen molar-refractivity contribution in [2.24, 2.45) is 45.3 Å². The smallest absolute Gasteiger partial charge is 0.219 e. The quantitative estimate of drug-likeness (QED) is 0.482. The standard InChI is InChI=1S/C34H55NO6.H2/c1-20(36)35-15-16-39-28(18-35)41-27-11-12-34-19-33(34)14-13-32(6)22-7-9-24(29(37)31(4,5)38)40-25(22)17-23(32)21(33)8-10-26(34)30(27,2)3;/h21-29,37-38H,7-19H2,1-6H3;1H/t21?,22?,23?,24?,25?,26?,27-,28?,29-,32?,33-,34?;/m0./s1. The van der Waals surface area contributed by atoms with Gasteiger partial charge in [-0.25, -0.2) is 0 Å². The minimum Gasteiger partial charge on any atom is -0.388 e. The Balaban J connectivity index is 0.00000316. The second-order valence-corrected chi connectivity index (χ2v) is 16.8. The summed E-state index contributed by atoms with van der Waals surface area (Å²) in [6.45, 7) is 14.3. The molecule has 41 heavy (non-hydrogen) atoms. The van der Waals surface area contributed by atoms with Crippen LogP contribution >= 0.6 is 0 Å². The highest BCUT2D eigenvalue weighted by molar-refractivity contribution is 5.73. The topological polar surface area (TPSA) is 88.5 Å². The lowest BCUT2D eigenvalue weighted by molar-refractivity contribution is -0.244. The lowest BCUT2D eigenvalue weighted by Gasteiger charge is -2.60. The van der Waals surface area contributed by atoms with Gasteiger partial charge in [0.25, 0.3) is 0 Å². The first-order valence-electron chi connectivity index (χ1n) is 16.8. The molecule has 2 aliphatic heterocycles. The average molecular weight is 576 g/mol. The van der Waals surface area contributed by atoms with Crippen molar-refractivity contribution in [2.75, 3.05) is 19.7 Å². The number of rotatable bonds is 4. The Hall–Kier alpha value is -0.730. The van der Waals surface area contributed by atoms with Crippen molar-refractivity contribution in [1.82, 2.24) is 4.90 Å². The molecule has 0 aromatic carbocycles. The van der Waals surface area contributed by atoms with E-state index in [9.17, 15) is 15.0 Å². The fourth-order valence-electron chi connectivity index (χ4n) is 12.4. The number of carbonyl (C=O) groups excluding carboxylic acids is 1. The lowest BCUT2D eigenvalue weighted by Crippen LogP contribution is -2.56. The molecule has 0 radical (unpaired) electrons. The molecule has 7 heteroatoms. The van der Waals surface area contributed by atoms with Gasteiger partial charge in [-0.15, -0.1) is 0 Å². The third-order valence-electron chi connectivity index (χ3n) is 14.4. The number of hydrogen-bond acceptors (Lipinski definition) is 6. The van der Waals surface area contributed by atoms with Gasteiger partial charge in [-0.1, -0.05) is 20.8 Å². The molecule has 7 rings (SSSR count). The van der Waals surface area contributed by atoms with Crippen molar-refractivity contribution in [3.63, 3.8) is 0 Å². The molecule has 12 atom stereocenters. The number of fused-ring (bicyclic) bond motifs is 4. The Morgan fingerprint density at radius 2 is 1.78 bits per heavy atom. The van der Waals surface area contributed by atoms with Gasteiger partial charge in [0.2, 0.25) is 5.91 Å². The molecule has 7 aliphatic rings. The second-order valence-electron chi connectivity index (χ2n) is 16.8. The van der Waals surface area contributed by atoms with Crippen LogP contribution in [0.3, 0.4) is 0 Å². The number of aliphatic hydroxyl groups excluding tert-OH is 1. The highest BCUT2D eigenvalue weighted by atomic mass is 16.7. The summed E-state index contributed by atoms with van der Waals surface area (Å²) >= 11 is 0. The third-order valence-corrected chi connectivity index (χ3v) is 14.4. The first-order valence-corrected chi connectivity index (χ1v) is 16.8. The fraction of sp³-hybridized carbons (Fsp3) is 0.971. The van der Waals surface area contributed by atoms with Crippen LogP contribution in [0, 0.1) is 45.3 Å². The molecule has 7 fully saturated rings. The first kappa shape index (κ1) is 29.0. The van der Waals surface area contributed by atoms with Crippen molar-refractivity contribution in [3.8, 4) is 0 Å². The van der Waals surface area contributed by atoms with Gasteiger partial charge in [-0.3, -0.25) is 4.79 Å². The van der Waals surface area contributed by atoms with Gasteiger partial charge in [0, 0.05) is 14.9 Å². The number of amides is 1. The number of aliphatic hydroxyl groups is 2. The van der Waals surface area contributed by atoms with Crippen LogP contribution in [-0.4, -0.2) is 77.0 Å². The molecule has 234 valence electrons. The molecule has 0 bridgehead atoms. The SMILES string of the molecule is CC(=O)N1CCOC(O[C@H]2CCC34C[C@]35CCC3(C)C6CCC([C@H](O)C(C)(C)O)OC6CC3C5CCC4C2(C)C)C1.[HH]. The lowest BCUT2D eigenvalue weighted by atomic mass is 9.46. The number of ether oxygens (including phenoxy) is 3. The summed E-state index contributed by atoms with van der Waals surface area (Å²) < 4.78 is 19.4. The second kappa shape index (κ2) is 9.39. The Labute approximate surface area is 248 Å². The average Bonchev–Trinajstić information content (AvgIpc) is 3.49. The predicted molar refractivity (Wildman–Crippen MR) is 157 cm³/mol. The highest BCUT2D eigenvalue weighted by Gasteiger charge is 2.80.